The number of rotatable bonds is 7. The van der Waals surface area contributed by atoms with Crippen LogP contribution in [0.2, 0.25) is 0 Å². The van der Waals surface area contributed by atoms with Crippen LogP contribution in [-0.4, -0.2) is 41.8 Å². The average Bonchev–Trinajstić information content (AvgIpc) is 3.63. The Morgan fingerprint density at radius 3 is 2.57 bits per heavy atom. The first kappa shape index (κ1) is 25.1. The molecule has 0 bridgehead atoms. The number of nitrogens with zero attached hydrogens (tertiary/aromatic N) is 2. The maximum Gasteiger partial charge on any atom is 0.289 e. The number of halogens is 1. The molecule has 1 fully saturated rings. The molecule has 0 N–H and O–H groups in total. The number of hydrogen-bond acceptors (Lipinski definition) is 4. The molecule has 1 aliphatic carbocycles. The zero-order chi connectivity index (χ0) is 25.9. The van der Waals surface area contributed by atoms with E-state index in [-0.39, 0.29) is 42.0 Å². The smallest absolute Gasteiger partial charge is 0.289 e. The van der Waals surface area contributed by atoms with E-state index in [1.165, 1.54) is 12.1 Å². The Balaban J connectivity index is 1.40. The summed E-state index contributed by atoms with van der Waals surface area (Å²) in [6, 6.07) is 15.5. The van der Waals surface area contributed by atoms with Crippen molar-refractivity contribution in [2.45, 2.75) is 51.7 Å². The van der Waals surface area contributed by atoms with Crippen molar-refractivity contribution in [3.8, 4) is 5.75 Å². The molecule has 7 heteroatoms. The zero-order valence-corrected chi connectivity index (χ0v) is 21.4. The van der Waals surface area contributed by atoms with Crippen LogP contribution in [0.3, 0.4) is 0 Å². The van der Waals surface area contributed by atoms with Crippen molar-refractivity contribution in [2.75, 3.05) is 20.1 Å². The summed E-state index contributed by atoms with van der Waals surface area (Å²) in [5.41, 5.74) is 3.05. The number of benzene rings is 2. The SMILES string of the molecule is CCN(C)C(=O)c1ccc(COc2ccc3c(c2)C(c2ccc(F)cc2)N(C(=O)C2CCCC2)CC3)o1. The molecule has 1 atom stereocenters. The number of furan rings is 1. The summed E-state index contributed by atoms with van der Waals surface area (Å²) < 4.78 is 25.5. The summed E-state index contributed by atoms with van der Waals surface area (Å²) >= 11 is 0. The van der Waals surface area contributed by atoms with Gasteiger partial charge in [-0.05, 0) is 79.3 Å². The second-order valence-corrected chi connectivity index (χ2v) is 9.95. The van der Waals surface area contributed by atoms with Crippen molar-refractivity contribution in [2.24, 2.45) is 5.92 Å². The maximum atomic E-state index is 13.8. The number of carbonyl (C=O) groups excluding carboxylic acids is 2. The Labute approximate surface area is 217 Å². The highest BCUT2D eigenvalue weighted by Crippen LogP contribution is 2.39. The molecule has 1 unspecified atom stereocenters. The lowest BCUT2D eigenvalue weighted by molar-refractivity contribution is -0.137. The molecular formula is C30H33FN2O4. The summed E-state index contributed by atoms with van der Waals surface area (Å²) in [7, 11) is 1.73. The predicted molar refractivity (Wildman–Crippen MR) is 138 cm³/mol. The van der Waals surface area contributed by atoms with Crippen LogP contribution in [-0.2, 0) is 17.8 Å². The maximum absolute atomic E-state index is 13.8. The van der Waals surface area contributed by atoms with Gasteiger partial charge in [-0.3, -0.25) is 9.59 Å². The molecule has 194 valence electrons. The third-order valence-electron chi connectivity index (χ3n) is 7.59. The van der Waals surface area contributed by atoms with Gasteiger partial charge in [0.25, 0.3) is 5.91 Å². The monoisotopic (exact) mass is 504 g/mol. The normalized spacial score (nSPS) is 17.5. The van der Waals surface area contributed by atoms with Crippen molar-refractivity contribution in [3.63, 3.8) is 0 Å². The van der Waals surface area contributed by atoms with Crippen LogP contribution < -0.4 is 4.74 Å². The molecule has 0 saturated heterocycles. The molecule has 3 aromatic rings. The lowest BCUT2D eigenvalue weighted by atomic mass is 9.87. The lowest BCUT2D eigenvalue weighted by Gasteiger charge is -2.39. The molecule has 0 radical (unpaired) electrons. The fraction of sp³-hybridized carbons (Fsp3) is 0.400. The highest BCUT2D eigenvalue weighted by Gasteiger charge is 2.36. The Kier molecular flexibility index (Phi) is 7.31. The first-order chi connectivity index (χ1) is 17.9. The van der Waals surface area contributed by atoms with Gasteiger partial charge in [0.15, 0.2) is 5.76 Å². The molecule has 6 nitrogen and oxygen atoms in total. The van der Waals surface area contributed by atoms with Gasteiger partial charge in [0.05, 0.1) is 6.04 Å². The quantitative estimate of drug-likeness (QED) is 0.411. The van der Waals surface area contributed by atoms with Crippen molar-refractivity contribution >= 4 is 11.8 Å². The number of fused-ring (bicyclic) bond motifs is 1. The minimum atomic E-state index is -0.299. The van der Waals surface area contributed by atoms with E-state index in [9.17, 15) is 14.0 Å². The number of carbonyl (C=O) groups is 2. The summed E-state index contributed by atoms with van der Waals surface area (Å²) in [5, 5.41) is 0. The fourth-order valence-corrected chi connectivity index (χ4v) is 5.39. The van der Waals surface area contributed by atoms with E-state index in [0.717, 1.165) is 48.8 Å². The van der Waals surface area contributed by atoms with Gasteiger partial charge < -0.3 is 19.0 Å². The van der Waals surface area contributed by atoms with E-state index in [0.29, 0.717) is 24.6 Å². The highest BCUT2D eigenvalue weighted by molar-refractivity contribution is 5.91. The fourth-order valence-electron chi connectivity index (χ4n) is 5.39. The molecule has 2 aromatic carbocycles. The third-order valence-corrected chi connectivity index (χ3v) is 7.59. The second kappa shape index (κ2) is 10.8. The zero-order valence-electron chi connectivity index (χ0n) is 21.4. The molecule has 5 rings (SSSR count). The van der Waals surface area contributed by atoms with Gasteiger partial charge >= 0.3 is 0 Å². The van der Waals surface area contributed by atoms with Crippen molar-refractivity contribution in [1.82, 2.24) is 9.80 Å². The summed E-state index contributed by atoms with van der Waals surface area (Å²) in [4.78, 5) is 29.5. The minimum Gasteiger partial charge on any atom is -0.486 e. The van der Waals surface area contributed by atoms with Crippen LogP contribution in [0.5, 0.6) is 5.75 Å². The van der Waals surface area contributed by atoms with E-state index in [4.69, 9.17) is 9.15 Å². The predicted octanol–water partition coefficient (Wildman–Crippen LogP) is 5.75. The largest absolute Gasteiger partial charge is 0.486 e. The molecule has 1 aromatic heterocycles. The molecule has 1 aliphatic heterocycles. The summed E-state index contributed by atoms with van der Waals surface area (Å²) in [6.07, 6.45) is 4.82. The summed E-state index contributed by atoms with van der Waals surface area (Å²) in [6.45, 7) is 3.31. The van der Waals surface area contributed by atoms with Gasteiger partial charge in [-0.25, -0.2) is 4.39 Å². The van der Waals surface area contributed by atoms with E-state index >= 15 is 0 Å². The van der Waals surface area contributed by atoms with Crippen molar-refractivity contribution in [3.05, 3.63) is 88.6 Å². The first-order valence-corrected chi connectivity index (χ1v) is 13.1. The molecule has 1 saturated carbocycles. The summed E-state index contributed by atoms with van der Waals surface area (Å²) in [5.74, 6) is 1.27. The van der Waals surface area contributed by atoms with E-state index in [1.807, 2.05) is 30.0 Å². The van der Waals surface area contributed by atoms with Crippen LogP contribution in [0, 0.1) is 11.7 Å². The Hall–Kier alpha value is -3.61. The van der Waals surface area contributed by atoms with Gasteiger partial charge in [0.2, 0.25) is 5.91 Å². The van der Waals surface area contributed by atoms with E-state index < -0.39 is 0 Å². The molecular weight excluding hydrogens is 471 g/mol. The molecule has 0 spiro atoms. The van der Waals surface area contributed by atoms with E-state index in [2.05, 4.69) is 0 Å². The van der Waals surface area contributed by atoms with Crippen molar-refractivity contribution < 1.29 is 23.1 Å². The van der Waals surface area contributed by atoms with Crippen LogP contribution in [0.1, 0.15) is 71.7 Å². The van der Waals surface area contributed by atoms with Gasteiger partial charge in [0, 0.05) is 26.1 Å². The molecule has 37 heavy (non-hydrogen) atoms. The second-order valence-electron chi connectivity index (χ2n) is 9.95. The average molecular weight is 505 g/mol. The van der Waals surface area contributed by atoms with Crippen molar-refractivity contribution in [1.29, 1.82) is 0 Å². The van der Waals surface area contributed by atoms with Gasteiger partial charge in [0.1, 0.15) is 23.9 Å². The Morgan fingerprint density at radius 2 is 1.84 bits per heavy atom. The Morgan fingerprint density at radius 1 is 1.08 bits per heavy atom. The van der Waals surface area contributed by atoms with Crippen LogP contribution in [0.15, 0.2) is 59.0 Å². The van der Waals surface area contributed by atoms with Crippen LogP contribution >= 0.6 is 0 Å². The van der Waals surface area contributed by atoms with Gasteiger partial charge in [-0.15, -0.1) is 0 Å². The van der Waals surface area contributed by atoms with Gasteiger partial charge in [-0.2, -0.15) is 0 Å². The molecule has 2 heterocycles. The van der Waals surface area contributed by atoms with Crippen LogP contribution in [0.4, 0.5) is 4.39 Å². The lowest BCUT2D eigenvalue weighted by Crippen LogP contribution is -2.43. The standard InChI is InChI=1S/C30H33FN2O4/c1-3-32(2)30(35)27-15-14-25(37-27)19-36-24-13-10-20-16-17-33(29(34)22-6-4-5-7-22)28(26(20)18-24)21-8-11-23(31)12-9-21/h8-15,18,22,28H,3-7,16-17,19H2,1-2H3. The van der Waals surface area contributed by atoms with E-state index in [1.54, 1.807) is 36.2 Å². The number of ether oxygens (including phenoxy) is 1. The Bertz CT molecular complexity index is 1260. The van der Waals surface area contributed by atoms with Crippen LogP contribution in [0.25, 0.3) is 0 Å². The first-order valence-electron chi connectivity index (χ1n) is 13.1. The molecule has 2 amide bonds. The third kappa shape index (κ3) is 5.26. The highest BCUT2D eigenvalue weighted by atomic mass is 19.1. The minimum absolute atomic E-state index is 0.0616. The molecule has 2 aliphatic rings. The number of amides is 2. The van der Waals surface area contributed by atoms with Gasteiger partial charge in [-0.1, -0.05) is 31.0 Å². The topological polar surface area (TPSA) is 63.0 Å². The number of hydrogen-bond donors (Lipinski definition) is 0.